The van der Waals surface area contributed by atoms with Crippen LogP contribution in [0.25, 0.3) is 22.4 Å². The Morgan fingerprint density at radius 3 is 2.62 bits per heavy atom. The fourth-order valence-corrected chi connectivity index (χ4v) is 4.28. The molecule has 2 unspecified atom stereocenters. The molecule has 1 saturated carbocycles. The SMILES string of the molecule is CCOc1ccccc1-c1cc(NC2CCCC(C(=O)O)C2)nc(-c2ccc(O)cc2)c1. The van der Waals surface area contributed by atoms with E-state index in [1.54, 1.807) is 12.1 Å². The van der Waals surface area contributed by atoms with Crippen LogP contribution in [0.1, 0.15) is 32.6 Å². The lowest BCUT2D eigenvalue weighted by molar-refractivity contribution is -0.142. The molecule has 166 valence electrons. The van der Waals surface area contributed by atoms with Gasteiger partial charge in [-0.1, -0.05) is 24.6 Å². The molecule has 0 aliphatic heterocycles. The van der Waals surface area contributed by atoms with Gasteiger partial charge in [-0.2, -0.15) is 0 Å². The van der Waals surface area contributed by atoms with Gasteiger partial charge in [-0.05, 0) is 74.2 Å². The number of aromatic hydroxyl groups is 1. The molecule has 2 aromatic carbocycles. The van der Waals surface area contributed by atoms with Crippen LogP contribution in [0.4, 0.5) is 5.82 Å². The van der Waals surface area contributed by atoms with E-state index in [0.717, 1.165) is 47.4 Å². The van der Waals surface area contributed by atoms with Crippen LogP contribution in [0.15, 0.2) is 60.7 Å². The molecule has 0 radical (unpaired) electrons. The van der Waals surface area contributed by atoms with Gasteiger partial charge in [0.15, 0.2) is 0 Å². The van der Waals surface area contributed by atoms with E-state index in [-0.39, 0.29) is 17.7 Å². The summed E-state index contributed by atoms with van der Waals surface area (Å²) in [6, 6.07) is 18.9. The summed E-state index contributed by atoms with van der Waals surface area (Å²) in [7, 11) is 0. The van der Waals surface area contributed by atoms with Gasteiger partial charge < -0.3 is 20.3 Å². The average Bonchev–Trinajstić information content (AvgIpc) is 2.80. The van der Waals surface area contributed by atoms with Crippen molar-refractivity contribution in [1.29, 1.82) is 0 Å². The molecule has 6 heteroatoms. The zero-order chi connectivity index (χ0) is 22.5. The highest BCUT2D eigenvalue weighted by Crippen LogP contribution is 2.35. The maximum atomic E-state index is 11.5. The molecule has 1 heterocycles. The van der Waals surface area contributed by atoms with Gasteiger partial charge in [0.05, 0.1) is 18.2 Å². The van der Waals surface area contributed by atoms with Gasteiger partial charge in [0, 0.05) is 17.2 Å². The van der Waals surface area contributed by atoms with E-state index in [0.29, 0.717) is 18.8 Å². The van der Waals surface area contributed by atoms with Crippen molar-refractivity contribution in [3.05, 3.63) is 60.7 Å². The number of phenols is 1. The first kappa shape index (κ1) is 21.7. The van der Waals surface area contributed by atoms with Crippen molar-refractivity contribution in [3.63, 3.8) is 0 Å². The van der Waals surface area contributed by atoms with Gasteiger partial charge >= 0.3 is 5.97 Å². The first-order valence-electron chi connectivity index (χ1n) is 11.1. The normalized spacial score (nSPS) is 18.2. The van der Waals surface area contributed by atoms with Gasteiger partial charge in [-0.3, -0.25) is 4.79 Å². The highest BCUT2D eigenvalue weighted by Gasteiger charge is 2.27. The van der Waals surface area contributed by atoms with Crippen molar-refractivity contribution in [2.45, 2.75) is 38.6 Å². The van der Waals surface area contributed by atoms with E-state index in [1.165, 1.54) is 0 Å². The molecule has 1 fully saturated rings. The summed E-state index contributed by atoms with van der Waals surface area (Å²) in [6.07, 6.45) is 3.11. The maximum absolute atomic E-state index is 11.5. The molecule has 3 N–H and O–H groups in total. The molecule has 6 nitrogen and oxygen atoms in total. The van der Waals surface area contributed by atoms with Crippen molar-refractivity contribution in [1.82, 2.24) is 4.98 Å². The van der Waals surface area contributed by atoms with E-state index >= 15 is 0 Å². The van der Waals surface area contributed by atoms with E-state index in [9.17, 15) is 15.0 Å². The molecule has 0 spiro atoms. The number of carboxylic acid groups (broad SMARTS) is 1. The minimum atomic E-state index is -0.728. The Balaban J connectivity index is 1.73. The highest BCUT2D eigenvalue weighted by molar-refractivity contribution is 5.77. The molecule has 4 rings (SSSR count). The number of carbonyl (C=O) groups is 1. The lowest BCUT2D eigenvalue weighted by Crippen LogP contribution is -2.31. The molecule has 3 aromatic rings. The Labute approximate surface area is 187 Å². The summed E-state index contributed by atoms with van der Waals surface area (Å²) in [4.78, 5) is 16.3. The largest absolute Gasteiger partial charge is 0.508 e. The number of hydrogen-bond donors (Lipinski definition) is 3. The van der Waals surface area contributed by atoms with Gasteiger partial charge in [0.1, 0.15) is 17.3 Å². The van der Waals surface area contributed by atoms with E-state index in [4.69, 9.17) is 9.72 Å². The number of phenolic OH excluding ortho intramolecular Hbond substituents is 1. The van der Waals surface area contributed by atoms with Crippen molar-refractivity contribution in [3.8, 4) is 33.9 Å². The number of benzene rings is 2. The predicted octanol–water partition coefficient (Wildman–Crippen LogP) is 5.58. The van der Waals surface area contributed by atoms with Gasteiger partial charge in [0.2, 0.25) is 0 Å². The Morgan fingerprint density at radius 1 is 1.09 bits per heavy atom. The van der Waals surface area contributed by atoms with E-state index < -0.39 is 5.97 Å². The third kappa shape index (κ3) is 5.02. The molecule has 2 atom stereocenters. The molecule has 1 aliphatic carbocycles. The van der Waals surface area contributed by atoms with Gasteiger partial charge in [-0.15, -0.1) is 0 Å². The zero-order valence-corrected chi connectivity index (χ0v) is 18.1. The summed E-state index contributed by atoms with van der Waals surface area (Å²) in [5, 5.41) is 22.6. The number of aliphatic carboxylic acids is 1. The van der Waals surface area contributed by atoms with Crippen molar-refractivity contribution in [2.75, 3.05) is 11.9 Å². The zero-order valence-electron chi connectivity index (χ0n) is 18.1. The van der Waals surface area contributed by atoms with Crippen molar-refractivity contribution >= 4 is 11.8 Å². The highest BCUT2D eigenvalue weighted by atomic mass is 16.5. The Hall–Kier alpha value is -3.54. The minimum Gasteiger partial charge on any atom is -0.508 e. The second-order valence-electron chi connectivity index (χ2n) is 8.15. The molecular weight excluding hydrogens is 404 g/mol. The summed E-state index contributed by atoms with van der Waals surface area (Å²) >= 11 is 0. The fraction of sp³-hybridized carbons (Fsp3) is 0.308. The van der Waals surface area contributed by atoms with Gasteiger partial charge in [-0.25, -0.2) is 4.98 Å². The molecule has 1 aliphatic rings. The van der Waals surface area contributed by atoms with Crippen LogP contribution < -0.4 is 10.1 Å². The molecule has 0 bridgehead atoms. The number of carboxylic acids is 1. The number of pyridine rings is 1. The number of nitrogens with one attached hydrogen (secondary N) is 1. The first-order valence-corrected chi connectivity index (χ1v) is 11.1. The minimum absolute atomic E-state index is 0.0578. The summed E-state index contributed by atoms with van der Waals surface area (Å²) < 4.78 is 5.84. The van der Waals surface area contributed by atoms with Crippen LogP contribution >= 0.6 is 0 Å². The lowest BCUT2D eigenvalue weighted by Gasteiger charge is -2.28. The van der Waals surface area contributed by atoms with Crippen LogP contribution in [0.5, 0.6) is 11.5 Å². The Bertz CT molecular complexity index is 1080. The predicted molar refractivity (Wildman–Crippen MR) is 125 cm³/mol. The standard InChI is InChI=1S/C26H28N2O4/c1-2-32-24-9-4-3-8-22(24)19-15-23(17-10-12-21(29)13-11-17)28-25(16-19)27-20-7-5-6-18(14-20)26(30)31/h3-4,8-13,15-16,18,20,29H,2,5-7,14H2,1H3,(H,27,28)(H,30,31). The third-order valence-corrected chi connectivity index (χ3v) is 5.86. The van der Waals surface area contributed by atoms with Crippen LogP contribution in [0.2, 0.25) is 0 Å². The molecular formula is C26H28N2O4. The molecule has 0 amide bonds. The summed E-state index contributed by atoms with van der Waals surface area (Å²) in [5.74, 6) is 0.653. The van der Waals surface area contributed by atoms with E-state index in [2.05, 4.69) is 5.32 Å². The first-order chi connectivity index (χ1) is 15.5. The summed E-state index contributed by atoms with van der Waals surface area (Å²) in [5.41, 5.74) is 3.57. The van der Waals surface area contributed by atoms with Crippen LogP contribution in [0.3, 0.4) is 0 Å². The maximum Gasteiger partial charge on any atom is 0.306 e. The van der Waals surface area contributed by atoms with Crippen LogP contribution in [-0.2, 0) is 4.79 Å². The van der Waals surface area contributed by atoms with Crippen molar-refractivity contribution in [2.24, 2.45) is 5.92 Å². The number of para-hydroxylation sites is 1. The van der Waals surface area contributed by atoms with Crippen molar-refractivity contribution < 1.29 is 19.7 Å². The molecule has 0 saturated heterocycles. The second-order valence-corrected chi connectivity index (χ2v) is 8.15. The second kappa shape index (κ2) is 9.73. The van der Waals surface area contributed by atoms with E-state index in [1.807, 2.05) is 55.5 Å². The third-order valence-electron chi connectivity index (χ3n) is 5.86. The van der Waals surface area contributed by atoms with Crippen LogP contribution in [0, 0.1) is 5.92 Å². The number of aromatic nitrogens is 1. The quantitative estimate of drug-likeness (QED) is 0.452. The molecule has 32 heavy (non-hydrogen) atoms. The number of rotatable bonds is 7. The monoisotopic (exact) mass is 432 g/mol. The fourth-order valence-electron chi connectivity index (χ4n) is 4.28. The van der Waals surface area contributed by atoms with Crippen LogP contribution in [-0.4, -0.2) is 33.8 Å². The number of hydrogen-bond acceptors (Lipinski definition) is 5. The number of anilines is 1. The Kier molecular flexibility index (Phi) is 6.59. The topological polar surface area (TPSA) is 91.7 Å². The van der Waals surface area contributed by atoms with Gasteiger partial charge in [0.25, 0.3) is 0 Å². The summed E-state index contributed by atoms with van der Waals surface area (Å²) in [6.45, 7) is 2.52. The number of nitrogens with zero attached hydrogens (tertiary/aromatic N) is 1. The number of ether oxygens (including phenoxy) is 1. The Morgan fingerprint density at radius 2 is 1.88 bits per heavy atom. The smallest absolute Gasteiger partial charge is 0.306 e. The molecule has 1 aromatic heterocycles. The average molecular weight is 433 g/mol. The lowest BCUT2D eigenvalue weighted by atomic mass is 9.86.